The molecular formula is C14H20BrN3O. The fourth-order valence-electron chi connectivity index (χ4n) is 2.60. The zero-order valence-electron chi connectivity index (χ0n) is 11.4. The van der Waals surface area contributed by atoms with Crippen molar-refractivity contribution in [3.63, 3.8) is 0 Å². The molecule has 1 unspecified atom stereocenters. The number of rotatable bonds is 3. The maximum absolute atomic E-state index is 5.75. The van der Waals surface area contributed by atoms with Crippen molar-refractivity contribution in [1.82, 2.24) is 9.97 Å². The van der Waals surface area contributed by atoms with Gasteiger partial charge in [-0.3, -0.25) is 0 Å². The van der Waals surface area contributed by atoms with Crippen molar-refractivity contribution >= 4 is 21.7 Å². The van der Waals surface area contributed by atoms with Crippen LogP contribution in [0, 0.1) is 0 Å². The molecule has 1 saturated heterocycles. The molecule has 1 aromatic rings. The summed E-state index contributed by atoms with van der Waals surface area (Å²) in [4.78, 5) is 9.10. The molecule has 0 aromatic carbocycles. The standard InChI is InChI=1S/C14H20BrN3O/c1-14(2)8-10(5-6-19-14)16-12-7-11(15)17-13(18-12)9-3-4-9/h7,9-10H,3-6,8H2,1-2H3,(H,16,17,18). The van der Waals surface area contributed by atoms with E-state index in [1.165, 1.54) is 12.8 Å². The zero-order chi connectivity index (χ0) is 13.5. The van der Waals surface area contributed by atoms with Crippen LogP contribution in [-0.4, -0.2) is 28.2 Å². The maximum atomic E-state index is 5.75. The number of anilines is 1. The van der Waals surface area contributed by atoms with Crippen molar-refractivity contribution in [1.29, 1.82) is 0 Å². The maximum Gasteiger partial charge on any atom is 0.135 e. The smallest absolute Gasteiger partial charge is 0.135 e. The highest BCUT2D eigenvalue weighted by Crippen LogP contribution is 2.39. The van der Waals surface area contributed by atoms with Gasteiger partial charge in [-0.1, -0.05) is 0 Å². The fraction of sp³-hybridized carbons (Fsp3) is 0.714. The van der Waals surface area contributed by atoms with E-state index in [4.69, 9.17) is 4.74 Å². The highest BCUT2D eigenvalue weighted by molar-refractivity contribution is 9.10. The summed E-state index contributed by atoms with van der Waals surface area (Å²) >= 11 is 3.48. The van der Waals surface area contributed by atoms with Crippen LogP contribution in [0.1, 0.15) is 51.3 Å². The SMILES string of the molecule is CC1(C)CC(Nc2cc(Br)nc(C3CC3)n2)CCO1. The van der Waals surface area contributed by atoms with E-state index < -0.39 is 0 Å². The van der Waals surface area contributed by atoms with E-state index in [1.807, 2.05) is 6.07 Å². The van der Waals surface area contributed by atoms with E-state index in [9.17, 15) is 0 Å². The van der Waals surface area contributed by atoms with Gasteiger partial charge in [-0.25, -0.2) is 9.97 Å². The van der Waals surface area contributed by atoms with Crippen molar-refractivity contribution in [3.05, 3.63) is 16.5 Å². The second-order valence-electron chi connectivity index (χ2n) is 6.15. The highest BCUT2D eigenvalue weighted by atomic mass is 79.9. The lowest BCUT2D eigenvalue weighted by Crippen LogP contribution is -2.40. The molecule has 0 spiro atoms. The second kappa shape index (κ2) is 5.02. The van der Waals surface area contributed by atoms with E-state index >= 15 is 0 Å². The molecular weight excluding hydrogens is 306 g/mol. The number of hydrogen-bond acceptors (Lipinski definition) is 4. The van der Waals surface area contributed by atoms with Gasteiger partial charge in [0.05, 0.1) is 5.60 Å². The van der Waals surface area contributed by atoms with Gasteiger partial charge in [0, 0.05) is 24.6 Å². The van der Waals surface area contributed by atoms with E-state index in [1.54, 1.807) is 0 Å². The van der Waals surface area contributed by atoms with Crippen LogP contribution in [0.5, 0.6) is 0 Å². The number of nitrogens with zero attached hydrogens (tertiary/aromatic N) is 2. The van der Waals surface area contributed by atoms with Gasteiger partial charge in [-0.05, 0) is 55.5 Å². The first-order valence-corrected chi connectivity index (χ1v) is 7.76. The lowest BCUT2D eigenvalue weighted by molar-refractivity contribution is -0.0553. The van der Waals surface area contributed by atoms with Gasteiger partial charge in [-0.15, -0.1) is 0 Å². The van der Waals surface area contributed by atoms with Gasteiger partial charge >= 0.3 is 0 Å². The topological polar surface area (TPSA) is 47.0 Å². The minimum Gasteiger partial charge on any atom is -0.375 e. The Morgan fingerprint density at radius 3 is 2.79 bits per heavy atom. The Labute approximate surface area is 122 Å². The molecule has 3 rings (SSSR count). The summed E-state index contributed by atoms with van der Waals surface area (Å²) in [6.07, 6.45) is 4.48. The van der Waals surface area contributed by atoms with Crippen LogP contribution in [0.25, 0.3) is 0 Å². The van der Waals surface area contributed by atoms with Crippen LogP contribution in [0.15, 0.2) is 10.7 Å². The summed E-state index contributed by atoms with van der Waals surface area (Å²) in [5.41, 5.74) is -0.0422. The molecule has 1 saturated carbocycles. The van der Waals surface area contributed by atoms with Gasteiger partial charge in [0.15, 0.2) is 0 Å². The van der Waals surface area contributed by atoms with Crippen LogP contribution in [0.4, 0.5) is 5.82 Å². The quantitative estimate of drug-likeness (QED) is 0.864. The molecule has 4 nitrogen and oxygen atoms in total. The Hall–Kier alpha value is -0.680. The van der Waals surface area contributed by atoms with Crippen molar-refractivity contribution in [2.24, 2.45) is 0 Å². The van der Waals surface area contributed by atoms with Crippen LogP contribution >= 0.6 is 15.9 Å². The summed E-state index contributed by atoms with van der Waals surface area (Å²) in [5.74, 6) is 2.49. The molecule has 2 aliphatic rings. The molecule has 19 heavy (non-hydrogen) atoms. The van der Waals surface area contributed by atoms with Gasteiger partial charge in [0.25, 0.3) is 0 Å². The molecule has 5 heteroatoms. The monoisotopic (exact) mass is 325 g/mol. The van der Waals surface area contributed by atoms with E-state index in [0.717, 1.165) is 35.7 Å². The van der Waals surface area contributed by atoms with Crippen molar-refractivity contribution < 1.29 is 4.74 Å². The van der Waals surface area contributed by atoms with Crippen molar-refractivity contribution in [3.8, 4) is 0 Å². The minimum atomic E-state index is -0.0422. The van der Waals surface area contributed by atoms with Crippen molar-refractivity contribution in [2.75, 3.05) is 11.9 Å². The van der Waals surface area contributed by atoms with Crippen LogP contribution in [-0.2, 0) is 4.74 Å². The molecule has 1 aliphatic carbocycles. The summed E-state index contributed by atoms with van der Waals surface area (Å²) in [6, 6.07) is 2.39. The Bertz CT molecular complexity index is 474. The molecule has 2 fully saturated rings. The molecule has 0 amide bonds. The number of nitrogens with one attached hydrogen (secondary N) is 1. The summed E-state index contributed by atoms with van der Waals surface area (Å²) in [5, 5.41) is 3.54. The third kappa shape index (κ3) is 3.45. The van der Waals surface area contributed by atoms with Gasteiger partial charge in [-0.2, -0.15) is 0 Å². The first-order chi connectivity index (χ1) is 9.02. The molecule has 2 heterocycles. The number of hydrogen-bond donors (Lipinski definition) is 1. The van der Waals surface area contributed by atoms with Gasteiger partial charge < -0.3 is 10.1 Å². The third-order valence-corrected chi connectivity index (χ3v) is 4.11. The molecule has 1 aliphatic heterocycles. The molecule has 1 N–H and O–H groups in total. The molecule has 1 atom stereocenters. The van der Waals surface area contributed by atoms with Crippen LogP contribution < -0.4 is 5.32 Å². The fourth-order valence-corrected chi connectivity index (χ4v) is 3.00. The predicted octanol–water partition coefficient (Wildman–Crippen LogP) is 3.49. The lowest BCUT2D eigenvalue weighted by Gasteiger charge is -2.36. The first-order valence-electron chi connectivity index (χ1n) is 6.97. The number of halogens is 1. The largest absolute Gasteiger partial charge is 0.375 e. The zero-order valence-corrected chi connectivity index (χ0v) is 13.0. The molecule has 104 valence electrons. The van der Waals surface area contributed by atoms with E-state index in [2.05, 4.69) is 45.1 Å². The average Bonchev–Trinajstić information content (AvgIpc) is 3.10. The average molecular weight is 326 g/mol. The lowest BCUT2D eigenvalue weighted by atomic mass is 9.94. The highest BCUT2D eigenvalue weighted by Gasteiger charge is 2.30. The molecule has 0 radical (unpaired) electrons. The second-order valence-corrected chi connectivity index (χ2v) is 6.96. The van der Waals surface area contributed by atoms with E-state index in [0.29, 0.717) is 12.0 Å². The number of ether oxygens (including phenoxy) is 1. The summed E-state index contributed by atoms with van der Waals surface area (Å²) in [7, 11) is 0. The van der Waals surface area contributed by atoms with Crippen LogP contribution in [0.2, 0.25) is 0 Å². The predicted molar refractivity (Wildman–Crippen MR) is 78.4 cm³/mol. The Kier molecular flexibility index (Phi) is 3.52. The Balaban J connectivity index is 1.72. The first kappa shape index (κ1) is 13.3. The molecule has 1 aromatic heterocycles. The normalized spacial score (nSPS) is 26.2. The minimum absolute atomic E-state index is 0.0422. The van der Waals surface area contributed by atoms with Gasteiger partial charge in [0.1, 0.15) is 16.2 Å². The number of aromatic nitrogens is 2. The van der Waals surface area contributed by atoms with Crippen molar-refractivity contribution in [2.45, 2.75) is 57.1 Å². The Morgan fingerprint density at radius 2 is 2.11 bits per heavy atom. The molecule has 0 bridgehead atoms. The van der Waals surface area contributed by atoms with E-state index in [-0.39, 0.29) is 5.60 Å². The van der Waals surface area contributed by atoms with Crippen LogP contribution in [0.3, 0.4) is 0 Å². The summed E-state index contributed by atoms with van der Waals surface area (Å²) in [6.45, 7) is 5.10. The van der Waals surface area contributed by atoms with Gasteiger partial charge in [0.2, 0.25) is 0 Å². The third-order valence-electron chi connectivity index (χ3n) is 3.70. The Morgan fingerprint density at radius 1 is 1.32 bits per heavy atom. The summed E-state index contributed by atoms with van der Waals surface area (Å²) < 4.78 is 6.62.